The quantitative estimate of drug-likeness (QED) is 0.507. The number of aromatic nitrogens is 2. The summed E-state index contributed by atoms with van der Waals surface area (Å²) in [6, 6.07) is 15.8. The van der Waals surface area contributed by atoms with Gasteiger partial charge < -0.3 is 20.6 Å². The fourth-order valence-electron chi connectivity index (χ4n) is 3.39. The summed E-state index contributed by atoms with van der Waals surface area (Å²) in [7, 11) is 0. The zero-order valence-corrected chi connectivity index (χ0v) is 17.5. The predicted octanol–water partition coefficient (Wildman–Crippen LogP) is 3.37. The Bertz CT molecular complexity index is 900. The molecule has 1 aliphatic heterocycles. The van der Waals surface area contributed by atoms with Crippen molar-refractivity contribution in [2.45, 2.75) is 12.8 Å². The molecule has 1 fully saturated rings. The zero-order valence-electron chi connectivity index (χ0n) is 15.8. The van der Waals surface area contributed by atoms with Gasteiger partial charge in [-0.25, -0.2) is 4.98 Å². The van der Waals surface area contributed by atoms with Crippen molar-refractivity contribution in [3.63, 3.8) is 0 Å². The first kappa shape index (κ1) is 20.4. The van der Waals surface area contributed by atoms with E-state index in [1.807, 2.05) is 12.1 Å². The molecular formula is C21H26BrN5O. The number of aromatic hydroxyl groups is 1. The van der Waals surface area contributed by atoms with Crippen LogP contribution in [-0.2, 0) is 6.42 Å². The van der Waals surface area contributed by atoms with Crippen LogP contribution in [0.25, 0.3) is 10.9 Å². The number of phenols is 1. The molecule has 1 saturated heterocycles. The Hall–Kier alpha value is -2.38. The Morgan fingerprint density at radius 1 is 1.04 bits per heavy atom. The van der Waals surface area contributed by atoms with Crippen molar-refractivity contribution >= 4 is 39.7 Å². The normalized spacial score (nSPS) is 13.9. The molecule has 0 saturated carbocycles. The average Bonchev–Trinajstić information content (AvgIpc) is 2.72. The number of hydrogen-bond acceptors (Lipinski definition) is 6. The molecule has 148 valence electrons. The molecule has 3 aromatic rings. The fourth-order valence-corrected chi connectivity index (χ4v) is 3.39. The molecule has 0 radical (unpaired) electrons. The maximum absolute atomic E-state index is 9.89. The fraction of sp³-hybridized carbons (Fsp3) is 0.333. The van der Waals surface area contributed by atoms with Crippen LogP contribution in [0.2, 0.25) is 0 Å². The molecule has 6 nitrogen and oxygen atoms in total. The Labute approximate surface area is 175 Å². The number of nitrogens with zero attached hydrogens (tertiary/aromatic N) is 3. The van der Waals surface area contributed by atoms with Crippen molar-refractivity contribution in [1.82, 2.24) is 15.3 Å². The van der Waals surface area contributed by atoms with Gasteiger partial charge in [-0.3, -0.25) is 0 Å². The summed E-state index contributed by atoms with van der Waals surface area (Å²) < 4.78 is 0. The molecule has 0 bridgehead atoms. The molecule has 1 aromatic heterocycles. The van der Waals surface area contributed by atoms with E-state index in [1.54, 1.807) is 12.1 Å². The molecule has 1 aliphatic rings. The first-order valence-corrected chi connectivity index (χ1v) is 9.54. The van der Waals surface area contributed by atoms with Crippen molar-refractivity contribution in [2.75, 3.05) is 42.9 Å². The molecule has 2 heterocycles. The van der Waals surface area contributed by atoms with Gasteiger partial charge >= 0.3 is 0 Å². The van der Waals surface area contributed by atoms with Crippen LogP contribution in [0.15, 0.2) is 48.5 Å². The number of piperazine rings is 1. The molecule has 0 amide bonds. The molecule has 7 heteroatoms. The second-order valence-electron chi connectivity index (χ2n) is 6.83. The minimum Gasteiger partial charge on any atom is -0.508 e. The third-order valence-corrected chi connectivity index (χ3v) is 4.84. The third kappa shape index (κ3) is 4.91. The Balaban J connectivity index is 0.00000225. The summed E-state index contributed by atoms with van der Waals surface area (Å²) in [6.07, 6.45) is 2.03. The molecule has 28 heavy (non-hydrogen) atoms. The highest BCUT2D eigenvalue weighted by Crippen LogP contribution is 2.27. The van der Waals surface area contributed by atoms with Gasteiger partial charge in [0.1, 0.15) is 11.6 Å². The van der Waals surface area contributed by atoms with Crippen molar-refractivity contribution < 1.29 is 5.11 Å². The lowest BCUT2D eigenvalue weighted by Gasteiger charge is -2.28. The predicted molar refractivity (Wildman–Crippen MR) is 120 cm³/mol. The maximum atomic E-state index is 9.89. The number of anilines is 2. The lowest BCUT2D eigenvalue weighted by atomic mass is 10.1. The molecule has 0 atom stereocenters. The van der Waals surface area contributed by atoms with Gasteiger partial charge in [-0.15, -0.1) is 17.0 Å². The molecule has 4 rings (SSSR count). The second-order valence-corrected chi connectivity index (χ2v) is 6.83. The summed E-state index contributed by atoms with van der Waals surface area (Å²) in [5.41, 5.74) is 2.19. The van der Waals surface area contributed by atoms with Gasteiger partial charge in [-0.1, -0.05) is 30.3 Å². The average molecular weight is 444 g/mol. The van der Waals surface area contributed by atoms with Gasteiger partial charge in [-0.05, 0) is 36.6 Å². The van der Waals surface area contributed by atoms with E-state index in [9.17, 15) is 5.11 Å². The van der Waals surface area contributed by atoms with Crippen LogP contribution in [0.1, 0.15) is 12.0 Å². The van der Waals surface area contributed by atoms with Gasteiger partial charge in [0.25, 0.3) is 0 Å². The molecule has 0 aliphatic carbocycles. The Morgan fingerprint density at radius 2 is 1.82 bits per heavy atom. The van der Waals surface area contributed by atoms with Crippen molar-refractivity contribution in [3.8, 4) is 5.75 Å². The third-order valence-electron chi connectivity index (χ3n) is 4.84. The van der Waals surface area contributed by atoms with Crippen molar-refractivity contribution in [2.24, 2.45) is 0 Å². The summed E-state index contributed by atoms with van der Waals surface area (Å²) in [6.45, 7) is 4.50. The van der Waals surface area contributed by atoms with Crippen LogP contribution in [0, 0.1) is 0 Å². The number of aryl methyl sites for hydroxylation is 1. The van der Waals surface area contributed by atoms with E-state index in [1.165, 1.54) is 5.56 Å². The van der Waals surface area contributed by atoms with E-state index in [4.69, 9.17) is 9.97 Å². The standard InChI is InChI=1S/C21H25N5O.BrH/c27-17-8-9-19-18(15-17)20(23-10-4-7-16-5-2-1-3-6-16)25-21(24-19)26-13-11-22-12-14-26;/h1-3,5-6,8-9,15,22,27H,4,7,10-14H2,(H,23,24,25);1H. The van der Waals surface area contributed by atoms with Crippen LogP contribution in [0.3, 0.4) is 0 Å². The molecule has 0 spiro atoms. The number of phenolic OH excluding ortho intramolecular Hbond substituents is 1. The summed E-state index contributed by atoms with van der Waals surface area (Å²) in [4.78, 5) is 11.7. The monoisotopic (exact) mass is 443 g/mol. The van der Waals surface area contributed by atoms with E-state index >= 15 is 0 Å². The Kier molecular flexibility index (Phi) is 7.06. The van der Waals surface area contributed by atoms with Crippen LogP contribution in [0.4, 0.5) is 11.8 Å². The minimum absolute atomic E-state index is 0. The molecule has 2 aromatic carbocycles. The second kappa shape index (κ2) is 9.71. The highest BCUT2D eigenvalue weighted by molar-refractivity contribution is 8.93. The van der Waals surface area contributed by atoms with Gasteiger partial charge in [-0.2, -0.15) is 4.98 Å². The van der Waals surface area contributed by atoms with Gasteiger partial charge in [0.05, 0.1) is 5.52 Å². The van der Waals surface area contributed by atoms with Crippen molar-refractivity contribution in [1.29, 1.82) is 0 Å². The molecule has 3 N–H and O–H groups in total. The number of rotatable bonds is 6. The zero-order chi connectivity index (χ0) is 18.5. The van der Waals surface area contributed by atoms with E-state index in [2.05, 4.69) is 39.8 Å². The van der Waals surface area contributed by atoms with E-state index < -0.39 is 0 Å². The van der Waals surface area contributed by atoms with Gasteiger partial charge in [0.15, 0.2) is 0 Å². The number of benzene rings is 2. The van der Waals surface area contributed by atoms with E-state index in [0.717, 1.165) is 68.2 Å². The highest BCUT2D eigenvalue weighted by atomic mass is 79.9. The number of fused-ring (bicyclic) bond motifs is 1. The van der Waals surface area contributed by atoms with Crippen LogP contribution < -0.4 is 15.5 Å². The minimum atomic E-state index is 0. The molecular weight excluding hydrogens is 418 g/mol. The van der Waals surface area contributed by atoms with E-state index in [-0.39, 0.29) is 22.7 Å². The van der Waals surface area contributed by atoms with E-state index in [0.29, 0.717) is 0 Å². The van der Waals surface area contributed by atoms with Crippen molar-refractivity contribution in [3.05, 3.63) is 54.1 Å². The van der Waals surface area contributed by atoms with Gasteiger partial charge in [0.2, 0.25) is 5.95 Å². The topological polar surface area (TPSA) is 73.3 Å². The van der Waals surface area contributed by atoms with Crippen LogP contribution in [0.5, 0.6) is 5.75 Å². The SMILES string of the molecule is Br.Oc1ccc2nc(N3CCNCC3)nc(NCCCc3ccccc3)c2c1. The maximum Gasteiger partial charge on any atom is 0.227 e. The van der Waals surface area contributed by atoms with Crippen LogP contribution in [-0.4, -0.2) is 47.8 Å². The summed E-state index contributed by atoms with van der Waals surface area (Å²) in [5.74, 6) is 1.77. The highest BCUT2D eigenvalue weighted by Gasteiger charge is 2.16. The lowest BCUT2D eigenvalue weighted by molar-refractivity contribution is 0.476. The van der Waals surface area contributed by atoms with Gasteiger partial charge in [0, 0.05) is 38.1 Å². The first-order chi connectivity index (χ1) is 13.3. The number of hydrogen-bond donors (Lipinski definition) is 3. The van der Waals surface area contributed by atoms with Crippen LogP contribution >= 0.6 is 17.0 Å². The first-order valence-electron chi connectivity index (χ1n) is 9.54. The molecule has 0 unspecified atom stereocenters. The number of nitrogens with one attached hydrogen (secondary N) is 2. The Morgan fingerprint density at radius 3 is 2.61 bits per heavy atom. The summed E-state index contributed by atoms with van der Waals surface area (Å²) >= 11 is 0. The largest absolute Gasteiger partial charge is 0.508 e. The number of halogens is 1. The summed E-state index contributed by atoms with van der Waals surface area (Å²) in [5, 5.41) is 17.6. The smallest absolute Gasteiger partial charge is 0.227 e. The lowest BCUT2D eigenvalue weighted by Crippen LogP contribution is -2.44.